The van der Waals surface area contributed by atoms with Crippen molar-refractivity contribution in [1.82, 2.24) is 10.2 Å². The fourth-order valence-electron chi connectivity index (χ4n) is 6.03. The van der Waals surface area contributed by atoms with E-state index < -0.39 is 9.84 Å². The van der Waals surface area contributed by atoms with Gasteiger partial charge in [0, 0.05) is 37.5 Å². The summed E-state index contributed by atoms with van der Waals surface area (Å²) in [6.45, 7) is 2.74. The molecule has 4 aliphatic heterocycles. The Bertz CT molecular complexity index is 671. The summed E-state index contributed by atoms with van der Waals surface area (Å²) >= 11 is 0. The second kappa shape index (κ2) is 7.21. The van der Waals surface area contributed by atoms with Crippen LogP contribution in [-0.2, 0) is 14.6 Å². The van der Waals surface area contributed by atoms with E-state index in [1.165, 1.54) is 44.9 Å². The molecule has 6 nitrogen and oxygen atoms in total. The van der Waals surface area contributed by atoms with Gasteiger partial charge in [0.2, 0.25) is 0 Å². The summed E-state index contributed by atoms with van der Waals surface area (Å²) in [5.41, 5.74) is 0. The van der Waals surface area contributed by atoms with Crippen LogP contribution in [0, 0.1) is 17.8 Å². The van der Waals surface area contributed by atoms with E-state index in [9.17, 15) is 8.42 Å². The molecule has 0 amide bonds. The number of guanidine groups is 1. The topological polar surface area (TPSA) is 71.0 Å². The van der Waals surface area contributed by atoms with Gasteiger partial charge in [-0.2, -0.15) is 0 Å². The quantitative estimate of drug-likeness (QED) is 0.583. The van der Waals surface area contributed by atoms with Crippen molar-refractivity contribution in [2.75, 3.05) is 31.1 Å². The Kier molecular flexibility index (Phi) is 4.87. The predicted octanol–water partition coefficient (Wildman–Crippen LogP) is 1.81. The van der Waals surface area contributed by atoms with Gasteiger partial charge in [0.15, 0.2) is 15.8 Å². The highest BCUT2D eigenvalue weighted by molar-refractivity contribution is 7.91. The summed E-state index contributed by atoms with van der Waals surface area (Å²) in [5.74, 6) is 3.21. The van der Waals surface area contributed by atoms with Gasteiger partial charge in [0.25, 0.3) is 0 Å². The Hall–Kier alpha value is -0.820. The lowest BCUT2D eigenvalue weighted by Crippen LogP contribution is -2.46. The molecule has 1 aliphatic carbocycles. The lowest BCUT2D eigenvalue weighted by molar-refractivity contribution is 0.0766. The highest BCUT2D eigenvalue weighted by Crippen LogP contribution is 2.47. The molecular weight excluding hydrogens is 362 g/mol. The van der Waals surface area contributed by atoms with E-state index in [0.29, 0.717) is 48.1 Å². The number of hydrogen-bond acceptors (Lipinski definition) is 4. The first-order valence-corrected chi connectivity index (χ1v) is 12.8. The van der Waals surface area contributed by atoms with E-state index >= 15 is 0 Å². The Morgan fingerprint density at radius 1 is 1.00 bits per heavy atom. The molecule has 0 aromatic rings. The average molecular weight is 396 g/mol. The van der Waals surface area contributed by atoms with Crippen molar-refractivity contribution in [3.8, 4) is 0 Å². The van der Waals surface area contributed by atoms with Gasteiger partial charge in [-0.1, -0.05) is 19.3 Å². The van der Waals surface area contributed by atoms with Gasteiger partial charge < -0.3 is 15.0 Å². The molecule has 7 heteroatoms. The molecule has 5 rings (SSSR count). The maximum absolute atomic E-state index is 11.8. The molecule has 152 valence electrons. The molecule has 27 heavy (non-hydrogen) atoms. The molecule has 5 unspecified atom stereocenters. The number of rotatable bonds is 3. The lowest BCUT2D eigenvalue weighted by Gasteiger charge is -2.30. The van der Waals surface area contributed by atoms with Gasteiger partial charge in [-0.25, -0.2) is 8.42 Å². The Labute approximate surface area is 163 Å². The standard InChI is InChI=1S/C20H33N3O3S/c24-27(25)9-8-14(13-27)10-21-20(22-15-4-2-1-3-5-15)23-11-16-17(12-23)19-7-6-18(16)26-19/h14-19H,1-13H2,(H,21,22). The van der Waals surface area contributed by atoms with Crippen LogP contribution in [0.3, 0.4) is 0 Å². The maximum Gasteiger partial charge on any atom is 0.194 e. The van der Waals surface area contributed by atoms with Crippen molar-refractivity contribution in [3.05, 3.63) is 0 Å². The fourth-order valence-corrected chi connectivity index (χ4v) is 7.88. The van der Waals surface area contributed by atoms with Crippen LogP contribution in [0.1, 0.15) is 51.4 Å². The Morgan fingerprint density at radius 3 is 2.33 bits per heavy atom. The Morgan fingerprint density at radius 2 is 1.70 bits per heavy atom. The number of likely N-dealkylation sites (tertiary alicyclic amines) is 1. The highest BCUT2D eigenvalue weighted by Gasteiger charge is 2.53. The molecule has 5 aliphatic rings. The Balaban J connectivity index is 1.28. The predicted molar refractivity (Wildman–Crippen MR) is 106 cm³/mol. The molecule has 5 atom stereocenters. The third-order valence-electron chi connectivity index (χ3n) is 7.52. The molecule has 0 spiro atoms. The van der Waals surface area contributed by atoms with Crippen LogP contribution < -0.4 is 5.32 Å². The van der Waals surface area contributed by atoms with E-state index in [1.807, 2.05) is 0 Å². The lowest BCUT2D eigenvalue weighted by atomic mass is 9.82. The van der Waals surface area contributed by atoms with E-state index in [2.05, 4.69) is 10.2 Å². The summed E-state index contributed by atoms with van der Waals surface area (Å²) in [5, 5.41) is 3.77. The highest BCUT2D eigenvalue weighted by atomic mass is 32.2. The van der Waals surface area contributed by atoms with Crippen molar-refractivity contribution >= 4 is 15.8 Å². The molecule has 0 radical (unpaired) electrons. The number of nitrogens with one attached hydrogen (secondary N) is 1. The molecule has 1 N–H and O–H groups in total. The normalized spacial score (nSPS) is 41.3. The summed E-state index contributed by atoms with van der Waals surface area (Å²) in [6.07, 6.45) is 10.5. The zero-order valence-corrected chi connectivity index (χ0v) is 17.0. The fraction of sp³-hybridized carbons (Fsp3) is 0.950. The van der Waals surface area contributed by atoms with Crippen molar-refractivity contribution in [2.24, 2.45) is 22.7 Å². The molecule has 5 fully saturated rings. The largest absolute Gasteiger partial charge is 0.374 e. The first-order chi connectivity index (χ1) is 13.1. The molecule has 4 heterocycles. The van der Waals surface area contributed by atoms with Crippen molar-refractivity contribution in [1.29, 1.82) is 0 Å². The van der Waals surface area contributed by atoms with Crippen molar-refractivity contribution < 1.29 is 13.2 Å². The number of nitrogens with zero attached hydrogens (tertiary/aromatic N) is 2. The van der Waals surface area contributed by atoms with Gasteiger partial charge in [0.05, 0.1) is 23.7 Å². The van der Waals surface area contributed by atoms with E-state index in [-0.39, 0.29) is 5.92 Å². The number of ether oxygens (including phenoxy) is 1. The molecule has 2 bridgehead atoms. The van der Waals surface area contributed by atoms with Crippen molar-refractivity contribution in [2.45, 2.75) is 69.6 Å². The van der Waals surface area contributed by atoms with E-state index in [4.69, 9.17) is 9.73 Å². The van der Waals surface area contributed by atoms with Crippen LogP contribution in [-0.4, -0.2) is 68.7 Å². The third kappa shape index (κ3) is 3.74. The minimum atomic E-state index is -2.83. The zero-order valence-electron chi connectivity index (χ0n) is 16.2. The number of hydrogen-bond donors (Lipinski definition) is 1. The number of sulfone groups is 1. The molecule has 1 saturated carbocycles. The summed E-state index contributed by atoms with van der Waals surface area (Å²) < 4.78 is 29.7. The second-order valence-electron chi connectivity index (χ2n) is 9.44. The van der Waals surface area contributed by atoms with Crippen LogP contribution in [0.15, 0.2) is 4.99 Å². The smallest absolute Gasteiger partial charge is 0.194 e. The van der Waals surface area contributed by atoms with Crippen LogP contribution in [0.25, 0.3) is 0 Å². The van der Waals surface area contributed by atoms with E-state index in [0.717, 1.165) is 25.5 Å². The van der Waals surface area contributed by atoms with Crippen molar-refractivity contribution in [3.63, 3.8) is 0 Å². The van der Waals surface area contributed by atoms with Crippen LogP contribution >= 0.6 is 0 Å². The number of fused-ring (bicyclic) bond motifs is 5. The minimum absolute atomic E-state index is 0.194. The van der Waals surface area contributed by atoms with Gasteiger partial charge >= 0.3 is 0 Å². The summed E-state index contributed by atoms with van der Waals surface area (Å²) in [4.78, 5) is 7.43. The van der Waals surface area contributed by atoms with Gasteiger partial charge in [-0.15, -0.1) is 0 Å². The van der Waals surface area contributed by atoms with Crippen LogP contribution in [0.2, 0.25) is 0 Å². The first-order valence-electron chi connectivity index (χ1n) is 11.0. The van der Waals surface area contributed by atoms with Crippen LogP contribution in [0.5, 0.6) is 0 Å². The average Bonchev–Trinajstić information content (AvgIpc) is 3.41. The third-order valence-corrected chi connectivity index (χ3v) is 9.35. The first kappa shape index (κ1) is 18.2. The molecule has 4 saturated heterocycles. The number of aliphatic imine (C=N–C) groups is 1. The van der Waals surface area contributed by atoms with Gasteiger partial charge in [-0.3, -0.25) is 4.99 Å². The zero-order chi connectivity index (χ0) is 18.4. The minimum Gasteiger partial charge on any atom is -0.374 e. The SMILES string of the molecule is O=S1(=O)CCC(CN=C(NC2CCCCC2)N2CC3C4CCC(O4)C3C2)C1. The molecule has 0 aromatic heterocycles. The van der Waals surface area contributed by atoms with Crippen LogP contribution in [0.4, 0.5) is 0 Å². The second-order valence-corrected chi connectivity index (χ2v) is 11.7. The maximum atomic E-state index is 11.8. The summed E-state index contributed by atoms with van der Waals surface area (Å²) in [7, 11) is -2.83. The monoisotopic (exact) mass is 395 g/mol. The summed E-state index contributed by atoms with van der Waals surface area (Å²) in [6, 6.07) is 0.526. The van der Waals surface area contributed by atoms with E-state index in [1.54, 1.807) is 0 Å². The van der Waals surface area contributed by atoms with Gasteiger partial charge in [0.1, 0.15) is 0 Å². The molecular formula is C20H33N3O3S. The molecule has 0 aromatic carbocycles. The van der Waals surface area contributed by atoms with Gasteiger partial charge in [-0.05, 0) is 38.0 Å².